The van der Waals surface area contributed by atoms with Gasteiger partial charge in [-0.2, -0.15) is 0 Å². The van der Waals surface area contributed by atoms with Gasteiger partial charge in [0.05, 0.1) is 0 Å². The van der Waals surface area contributed by atoms with Gasteiger partial charge < -0.3 is 25.0 Å². The van der Waals surface area contributed by atoms with E-state index in [9.17, 15) is 19.8 Å². The van der Waals surface area contributed by atoms with E-state index in [0.717, 1.165) is 12.3 Å². The fraction of sp³-hybridized carbons (Fsp3) is 0.231. The molecule has 7 heteroatoms. The molecule has 0 bridgehead atoms. The van der Waals surface area contributed by atoms with Crippen LogP contribution in [-0.4, -0.2) is 27.9 Å². The topological polar surface area (TPSA) is 105 Å². The van der Waals surface area contributed by atoms with Crippen molar-refractivity contribution in [2.24, 2.45) is 0 Å². The highest BCUT2D eigenvalue weighted by molar-refractivity contribution is 6.15. The van der Waals surface area contributed by atoms with Gasteiger partial charge in [-0.15, -0.1) is 0 Å². The molecule has 1 saturated heterocycles. The zero-order valence-corrected chi connectivity index (χ0v) is 10.8. The van der Waals surface area contributed by atoms with Gasteiger partial charge in [-0.1, -0.05) is 0 Å². The van der Waals surface area contributed by atoms with Crippen LogP contribution in [0.25, 0.3) is 0 Å². The molecule has 0 atom stereocenters. The highest BCUT2D eigenvalue weighted by Gasteiger charge is 2.38. The van der Waals surface area contributed by atoms with E-state index in [1.807, 2.05) is 0 Å². The molecule has 106 valence electrons. The third-order valence-electron chi connectivity index (χ3n) is 2.40. The quantitative estimate of drug-likeness (QED) is 0.425. The standard InChI is InChI=1S/C13H13NO6/c1-13(2)19-11(17)10(12(18)20-13)6-14-7-3-8(15)5-9(16)4-7/h3-6,14-16H,1-2H3. The first-order valence-corrected chi connectivity index (χ1v) is 5.73. The molecule has 0 radical (unpaired) electrons. The summed E-state index contributed by atoms with van der Waals surface area (Å²) in [6.45, 7) is 2.89. The summed E-state index contributed by atoms with van der Waals surface area (Å²) in [5.74, 6) is -3.26. The fourth-order valence-corrected chi connectivity index (χ4v) is 1.61. The number of cyclic esters (lactones) is 2. The summed E-state index contributed by atoms with van der Waals surface area (Å²) in [6, 6.07) is 3.75. The Bertz CT molecular complexity index is 563. The molecule has 0 amide bonds. The molecule has 3 N–H and O–H groups in total. The van der Waals surface area contributed by atoms with Gasteiger partial charge in [-0.3, -0.25) is 0 Å². The van der Waals surface area contributed by atoms with Crippen LogP contribution in [0.3, 0.4) is 0 Å². The lowest BCUT2D eigenvalue weighted by molar-refractivity contribution is -0.222. The molecular weight excluding hydrogens is 266 g/mol. The number of anilines is 1. The predicted molar refractivity (Wildman–Crippen MR) is 67.7 cm³/mol. The number of rotatable bonds is 2. The predicted octanol–water partition coefficient (Wildman–Crippen LogP) is 1.23. The number of aromatic hydroxyl groups is 2. The van der Waals surface area contributed by atoms with E-state index >= 15 is 0 Å². The Balaban J connectivity index is 2.19. The Labute approximate surface area is 114 Å². The average Bonchev–Trinajstić information content (AvgIpc) is 2.24. The lowest BCUT2D eigenvalue weighted by atomic mass is 10.2. The summed E-state index contributed by atoms with van der Waals surface area (Å²) < 4.78 is 9.81. The molecule has 1 aliphatic rings. The normalized spacial score (nSPS) is 17.2. The van der Waals surface area contributed by atoms with Crippen molar-refractivity contribution in [3.8, 4) is 11.5 Å². The van der Waals surface area contributed by atoms with Gasteiger partial charge in [0.2, 0.25) is 0 Å². The first-order valence-electron chi connectivity index (χ1n) is 5.73. The van der Waals surface area contributed by atoms with E-state index in [1.165, 1.54) is 26.0 Å². The maximum Gasteiger partial charge on any atom is 0.350 e. The molecule has 0 unspecified atom stereocenters. The van der Waals surface area contributed by atoms with Gasteiger partial charge in [0.15, 0.2) is 5.57 Å². The molecule has 20 heavy (non-hydrogen) atoms. The van der Waals surface area contributed by atoms with Gasteiger partial charge >= 0.3 is 11.9 Å². The molecule has 2 rings (SSSR count). The highest BCUT2D eigenvalue weighted by Crippen LogP contribution is 2.25. The summed E-state index contributed by atoms with van der Waals surface area (Å²) in [7, 11) is 0. The van der Waals surface area contributed by atoms with Crippen molar-refractivity contribution in [2.45, 2.75) is 19.6 Å². The molecule has 0 spiro atoms. The van der Waals surface area contributed by atoms with Crippen molar-refractivity contribution in [3.05, 3.63) is 30.0 Å². The average molecular weight is 279 g/mol. The van der Waals surface area contributed by atoms with Crippen molar-refractivity contribution in [2.75, 3.05) is 5.32 Å². The van der Waals surface area contributed by atoms with Crippen molar-refractivity contribution in [1.29, 1.82) is 0 Å². The Kier molecular flexibility index (Phi) is 3.27. The molecular formula is C13H13NO6. The number of ether oxygens (including phenoxy) is 2. The Morgan fingerprint density at radius 1 is 1.05 bits per heavy atom. The Morgan fingerprint density at radius 2 is 1.55 bits per heavy atom. The van der Waals surface area contributed by atoms with Crippen LogP contribution in [0, 0.1) is 0 Å². The van der Waals surface area contributed by atoms with Gasteiger partial charge in [0.1, 0.15) is 11.5 Å². The summed E-state index contributed by atoms with van der Waals surface area (Å²) in [5.41, 5.74) is -0.0207. The lowest BCUT2D eigenvalue weighted by Gasteiger charge is -2.29. The number of esters is 2. The van der Waals surface area contributed by atoms with E-state index in [1.54, 1.807) is 0 Å². The largest absolute Gasteiger partial charge is 0.508 e. The lowest BCUT2D eigenvalue weighted by Crippen LogP contribution is -2.42. The van der Waals surface area contributed by atoms with Crippen molar-refractivity contribution < 1.29 is 29.3 Å². The number of carbonyl (C=O) groups excluding carboxylic acids is 2. The Hall–Kier alpha value is -2.70. The molecule has 1 aliphatic heterocycles. The maximum absolute atomic E-state index is 11.6. The number of phenolic OH excluding ortho intramolecular Hbond substituents is 2. The molecule has 0 saturated carbocycles. The minimum Gasteiger partial charge on any atom is -0.508 e. The number of phenols is 2. The van der Waals surface area contributed by atoms with Crippen molar-refractivity contribution in [3.63, 3.8) is 0 Å². The van der Waals surface area contributed by atoms with Gasteiger partial charge in [0.25, 0.3) is 5.79 Å². The maximum atomic E-state index is 11.6. The van der Waals surface area contributed by atoms with E-state index in [-0.39, 0.29) is 17.1 Å². The minimum absolute atomic E-state index is 0.166. The smallest absolute Gasteiger partial charge is 0.350 e. The number of hydrogen-bond acceptors (Lipinski definition) is 7. The van der Waals surface area contributed by atoms with E-state index in [2.05, 4.69) is 5.32 Å². The molecule has 0 aliphatic carbocycles. The van der Waals surface area contributed by atoms with Gasteiger partial charge in [0, 0.05) is 43.9 Å². The van der Waals surface area contributed by atoms with Crippen LogP contribution in [-0.2, 0) is 19.1 Å². The van der Waals surface area contributed by atoms with E-state index in [4.69, 9.17) is 9.47 Å². The molecule has 1 heterocycles. The van der Waals surface area contributed by atoms with Crippen LogP contribution in [0.15, 0.2) is 30.0 Å². The first kappa shape index (κ1) is 13.7. The second kappa shape index (κ2) is 4.76. The summed E-state index contributed by atoms with van der Waals surface area (Å²) in [4.78, 5) is 23.3. The SMILES string of the molecule is CC1(C)OC(=O)C(=CNc2cc(O)cc(O)c2)C(=O)O1. The van der Waals surface area contributed by atoms with Crippen molar-refractivity contribution in [1.82, 2.24) is 0 Å². The van der Waals surface area contributed by atoms with Crippen LogP contribution in [0.2, 0.25) is 0 Å². The summed E-state index contributed by atoms with van der Waals surface area (Å²) in [5, 5.41) is 21.2. The van der Waals surface area contributed by atoms with Gasteiger partial charge in [-0.05, 0) is 0 Å². The molecule has 7 nitrogen and oxygen atoms in total. The molecule has 1 aromatic rings. The van der Waals surface area contributed by atoms with Crippen LogP contribution in [0.1, 0.15) is 13.8 Å². The monoisotopic (exact) mass is 279 g/mol. The zero-order chi connectivity index (χ0) is 14.9. The second-order valence-corrected chi connectivity index (χ2v) is 4.62. The number of nitrogens with one attached hydrogen (secondary N) is 1. The molecule has 1 aromatic carbocycles. The van der Waals surface area contributed by atoms with Crippen LogP contribution in [0.4, 0.5) is 5.69 Å². The van der Waals surface area contributed by atoms with E-state index < -0.39 is 17.7 Å². The van der Waals surface area contributed by atoms with Crippen molar-refractivity contribution >= 4 is 17.6 Å². The third-order valence-corrected chi connectivity index (χ3v) is 2.40. The van der Waals surface area contributed by atoms with Crippen LogP contribution < -0.4 is 5.32 Å². The van der Waals surface area contributed by atoms with Gasteiger partial charge in [-0.25, -0.2) is 9.59 Å². The number of carbonyl (C=O) groups is 2. The first-order chi connectivity index (χ1) is 9.27. The second-order valence-electron chi connectivity index (χ2n) is 4.62. The highest BCUT2D eigenvalue weighted by atomic mass is 16.7. The Morgan fingerprint density at radius 3 is 2.05 bits per heavy atom. The van der Waals surface area contributed by atoms with Crippen LogP contribution in [0.5, 0.6) is 11.5 Å². The molecule has 1 fully saturated rings. The number of benzene rings is 1. The van der Waals surface area contributed by atoms with E-state index in [0.29, 0.717) is 5.69 Å². The minimum atomic E-state index is -1.30. The zero-order valence-electron chi connectivity index (χ0n) is 10.8. The molecule has 0 aromatic heterocycles. The fourth-order valence-electron chi connectivity index (χ4n) is 1.61. The summed E-state index contributed by atoms with van der Waals surface area (Å²) >= 11 is 0. The number of hydrogen-bond donors (Lipinski definition) is 3. The third kappa shape index (κ3) is 3.00. The van der Waals surface area contributed by atoms with Crippen LogP contribution >= 0.6 is 0 Å². The summed E-state index contributed by atoms with van der Waals surface area (Å²) in [6.07, 6.45) is 1.09.